The Bertz CT molecular complexity index is 449. The van der Waals surface area contributed by atoms with Crippen LogP contribution in [-0.4, -0.2) is 42.7 Å². The van der Waals surface area contributed by atoms with Gasteiger partial charge in [0.25, 0.3) is 5.91 Å². The van der Waals surface area contributed by atoms with Crippen molar-refractivity contribution < 1.29 is 4.79 Å². The average Bonchev–Trinajstić information content (AvgIpc) is 3.04. The molecule has 0 aliphatic carbocycles. The van der Waals surface area contributed by atoms with Crippen LogP contribution in [0.5, 0.6) is 0 Å². The number of thioether (sulfide) groups is 1. The molecule has 5 heteroatoms. The third-order valence-electron chi connectivity index (χ3n) is 3.92. The maximum Gasteiger partial charge on any atom is 0.264 e. The van der Waals surface area contributed by atoms with Gasteiger partial charge < -0.3 is 10.2 Å². The van der Waals surface area contributed by atoms with Gasteiger partial charge in [0.05, 0.1) is 4.88 Å². The summed E-state index contributed by atoms with van der Waals surface area (Å²) in [6, 6.07) is 2.52. The number of hydrogen-bond acceptors (Lipinski definition) is 4. The lowest BCUT2D eigenvalue weighted by Crippen LogP contribution is -2.40. The van der Waals surface area contributed by atoms with Crippen molar-refractivity contribution in [3.63, 3.8) is 0 Å². The second-order valence-electron chi connectivity index (χ2n) is 5.21. The molecule has 0 spiro atoms. The molecule has 1 amide bonds. The highest BCUT2D eigenvalue weighted by Crippen LogP contribution is 2.33. The van der Waals surface area contributed by atoms with Gasteiger partial charge in [0, 0.05) is 29.8 Å². The minimum atomic E-state index is 0.252. The number of thiophene rings is 1. The number of carbonyl (C=O) groups is 1. The van der Waals surface area contributed by atoms with Crippen LogP contribution in [0.3, 0.4) is 0 Å². The number of amides is 1. The molecule has 1 saturated heterocycles. The highest BCUT2D eigenvalue weighted by molar-refractivity contribution is 7.98. The van der Waals surface area contributed by atoms with Gasteiger partial charge in [-0.1, -0.05) is 0 Å². The smallest absolute Gasteiger partial charge is 0.264 e. The minimum Gasteiger partial charge on any atom is -0.334 e. The Balaban J connectivity index is 1.77. The van der Waals surface area contributed by atoms with Gasteiger partial charge in [-0.2, -0.15) is 11.8 Å². The summed E-state index contributed by atoms with van der Waals surface area (Å²) in [5, 5.41) is 3.20. The molecule has 0 radical (unpaired) electrons. The minimum absolute atomic E-state index is 0.252. The van der Waals surface area contributed by atoms with Crippen molar-refractivity contribution >= 4 is 29.0 Å². The second kappa shape index (κ2) is 5.85. The quantitative estimate of drug-likeness (QED) is 0.929. The largest absolute Gasteiger partial charge is 0.334 e. The summed E-state index contributed by atoms with van der Waals surface area (Å²) in [7, 11) is 1.96. The Labute approximate surface area is 122 Å². The summed E-state index contributed by atoms with van der Waals surface area (Å²) in [5.74, 6) is 2.54. The van der Waals surface area contributed by atoms with E-state index in [1.165, 1.54) is 16.2 Å². The zero-order valence-corrected chi connectivity index (χ0v) is 12.9. The Morgan fingerprint density at radius 2 is 2.47 bits per heavy atom. The third kappa shape index (κ3) is 2.69. The number of nitrogens with one attached hydrogen (secondary N) is 1. The van der Waals surface area contributed by atoms with Crippen molar-refractivity contribution in [3.05, 3.63) is 21.4 Å². The van der Waals surface area contributed by atoms with Crippen LogP contribution < -0.4 is 5.32 Å². The van der Waals surface area contributed by atoms with Gasteiger partial charge >= 0.3 is 0 Å². The number of hydrogen-bond donors (Lipinski definition) is 1. The summed E-state index contributed by atoms with van der Waals surface area (Å²) >= 11 is 3.70. The maximum absolute atomic E-state index is 12.7. The summed E-state index contributed by atoms with van der Waals surface area (Å²) in [5.41, 5.74) is 1.40. The van der Waals surface area contributed by atoms with Crippen LogP contribution >= 0.6 is 23.1 Å². The van der Waals surface area contributed by atoms with Crippen LogP contribution in [0, 0.1) is 0 Å². The summed E-state index contributed by atoms with van der Waals surface area (Å²) in [4.78, 5) is 17.1. The number of rotatable bonds is 3. The van der Waals surface area contributed by atoms with Gasteiger partial charge in [-0.25, -0.2) is 0 Å². The van der Waals surface area contributed by atoms with E-state index in [2.05, 4.69) is 16.3 Å². The summed E-state index contributed by atoms with van der Waals surface area (Å²) in [6.07, 6.45) is 3.41. The van der Waals surface area contributed by atoms with Crippen LogP contribution in [0.1, 0.15) is 33.0 Å². The van der Waals surface area contributed by atoms with Crippen molar-refractivity contribution in [2.75, 3.05) is 25.9 Å². The molecule has 1 aromatic rings. The monoisotopic (exact) mass is 296 g/mol. The van der Waals surface area contributed by atoms with Crippen LogP contribution in [0.25, 0.3) is 0 Å². The fourth-order valence-electron chi connectivity index (χ4n) is 2.95. The first-order chi connectivity index (χ1) is 9.29. The molecule has 3 heterocycles. The first-order valence-electron chi connectivity index (χ1n) is 6.94. The van der Waals surface area contributed by atoms with Crippen molar-refractivity contribution in [3.8, 4) is 0 Å². The van der Waals surface area contributed by atoms with Crippen LogP contribution in [-0.2, 0) is 12.2 Å². The van der Waals surface area contributed by atoms with Crippen molar-refractivity contribution in [1.82, 2.24) is 10.2 Å². The Hall–Kier alpha value is -0.520. The first kappa shape index (κ1) is 13.5. The number of likely N-dealkylation sites (tertiary alicyclic amines) is 1. The van der Waals surface area contributed by atoms with Crippen LogP contribution in [0.2, 0.25) is 0 Å². The van der Waals surface area contributed by atoms with E-state index in [4.69, 9.17) is 0 Å². The Morgan fingerprint density at radius 3 is 3.26 bits per heavy atom. The summed E-state index contributed by atoms with van der Waals surface area (Å²) in [6.45, 7) is 1.83. The molecule has 0 saturated carbocycles. The van der Waals surface area contributed by atoms with E-state index in [9.17, 15) is 4.79 Å². The predicted octanol–water partition coefficient (Wildman–Crippen LogP) is 2.36. The molecule has 2 aliphatic rings. The van der Waals surface area contributed by atoms with E-state index in [0.29, 0.717) is 6.04 Å². The van der Waals surface area contributed by atoms with Gasteiger partial charge in [-0.3, -0.25) is 4.79 Å². The molecule has 1 fully saturated rings. The standard InChI is InChI=1S/C14H20N2OS2/c1-15-8-11-3-2-5-16(11)14(17)13-7-10-9-18-6-4-12(10)19-13/h7,11,15H,2-6,8-9H2,1H3. The molecule has 19 heavy (non-hydrogen) atoms. The maximum atomic E-state index is 12.7. The number of nitrogens with zero attached hydrogens (tertiary/aromatic N) is 1. The molecule has 104 valence electrons. The fourth-order valence-corrected chi connectivity index (χ4v) is 5.27. The number of carbonyl (C=O) groups excluding carboxylic acids is 1. The van der Waals surface area contributed by atoms with Crippen molar-refractivity contribution in [2.24, 2.45) is 0 Å². The van der Waals surface area contributed by atoms with Crippen LogP contribution in [0.15, 0.2) is 6.07 Å². The fraction of sp³-hybridized carbons (Fsp3) is 0.643. The highest BCUT2D eigenvalue weighted by Gasteiger charge is 2.30. The topological polar surface area (TPSA) is 32.3 Å². The normalized spacial score (nSPS) is 22.6. The number of likely N-dealkylation sites (N-methyl/N-ethyl adjacent to an activating group) is 1. The highest BCUT2D eigenvalue weighted by atomic mass is 32.2. The molecular weight excluding hydrogens is 276 g/mol. The van der Waals surface area contributed by atoms with Gasteiger partial charge in [0.1, 0.15) is 0 Å². The first-order valence-corrected chi connectivity index (χ1v) is 8.91. The zero-order valence-electron chi connectivity index (χ0n) is 11.3. The third-order valence-corrected chi connectivity index (χ3v) is 6.15. The molecule has 1 atom stereocenters. The van der Waals surface area contributed by atoms with E-state index in [1.54, 1.807) is 11.3 Å². The molecule has 0 aromatic carbocycles. The van der Waals surface area contributed by atoms with Crippen molar-refractivity contribution in [2.45, 2.75) is 31.1 Å². The molecule has 0 bridgehead atoms. The van der Waals surface area contributed by atoms with Gasteiger partial charge in [-0.05, 0) is 43.7 Å². The van der Waals surface area contributed by atoms with E-state index >= 15 is 0 Å². The van der Waals surface area contributed by atoms with E-state index in [-0.39, 0.29) is 5.91 Å². The molecule has 1 N–H and O–H groups in total. The molecule has 1 unspecified atom stereocenters. The molecular formula is C14H20N2OS2. The molecule has 3 rings (SSSR count). The zero-order chi connectivity index (χ0) is 13.2. The average molecular weight is 296 g/mol. The lowest BCUT2D eigenvalue weighted by Gasteiger charge is -2.23. The number of aryl methyl sites for hydroxylation is 1. The van der Waals surface area contributed by atoms with Crippen LogP contribution in [0.4, 0.5) is 0 Å². The molecule has 1 aromatic heterocycles. The van der Waals surface area contributed by atoms with Gasteiger partial charge in [0.2, 0.25) is 0 Å². The van der Waals surface area contributed by atoms with Crippen molar-refractivity contribution in [1.29, 1.82) is 0 Å². The van der Waals surface area contributed by atoms with E-state index < -0.39 is 0 Å². The van der Waals surface area contributed by atoms with E-state index in [1.807, 2.05) is 18.8 Å². The predicted molar refractivity (Wildman–Crippen MR) is 82.2 cm³/mol. The van der Waals surface area contributed by atoms with E-state index in [0.717, 1.165) is 43.0 Å². The van der Waals surface area contributed by atoms with Gasteiger partial charge in [-0.15, -0.1) is 11.3 Å². The Morgan fingerprint density at radius 1 is 1.58 bits per heavy atom. The lowest BCUT2D eigenvalue weighted by atomic mass is 10.2. The molecule has 2 aliphatic heterocycles. The molecule has 3 nitrogen and oxygen atoms in total. The SMILES string of the molecule is CNCC1CCCN1C(=O)c1cc2c(s1)CCSC2. The summed E-state index contributed by atoms with van der Waals surface area (Å²) < 4.78 is 0. The number of fused-ring (bicyclic) bond motifs is 1. The Kier molecular flexibility index (Phi) is 4.15. The second-order valence-corrected chi connectivity index (χ2v) is 7.46. The van der Waals surface area contributed by atoms with Gasteiger partial charge in [0.15, 0.2) is 0 Å². The lowest BCUT2D eigenvalue weighted by molar-refractivity contribution is 0.0742.